The average Bonchev–Trinajstić information content (AvgIpc) is 3.24. The van der Waals surface area contributed by atoms with E-state index < -0.39 is 15.9 Å². The standard InChI is InChI=1S/C21H24ClN3O3S/c22-18-10-12-20(13-11-18)29(27,28)25(15-14-17-6-2-1-3-7-17)16-21(26)24-23-19-8-4-5-9-19/h1-3,6-7,10-13H,4-5,8-9,14-16H2,(H,24,26). The molecule has 0 unspecified atom stereocenters. The van der Waals surface area contributed by atoms with Crippen LogP contribution in [0.1, 0.15) is 31.2 Å². The normalized spacial score (nSPS) is 14.2. The highest BCUT2D eigenvalue weighted by atomic mass is 35.5. The van der Waals surface area contributed by atoms with E-state index in [9.17, 15) is 13.2 Å². The quantitative estimate of drug-likeness (QED) is 0.646. The smallest absolute Gasteiger partial charge is 0.255 e. The summed E-state index contributed by atoms with van der Waals surface area (Å²) in [5, 5.41) is 4.59. The Kier molecular flexibility index (Phi) is 7.41. The molecule has 1 N–H and O–H groups in total. The van der Waals surface area contributed by atoms with Crippen LogP contribution >= 0.6 is 11.6 Å². The van der Waals surface area contributed by atoms with Crippen LogP contribution in [0.3, 0.4) is 0 Å². The zero-order valence-electron chi connectivity index (χ0n) is 16.1. The predicted octanol–water partition coefficient (Wildman–Crippen LogP) is 3.62. The van der Waals surface area contributed by atoms with Crippen LogP contribution in [0.2, 0.25) is 5.02 Å². The summed E-state index contributed by atoms with van der Waals surface area (Å²) < 4.78 is 27.4. The molecule has 1 aliphatic rings. The molecule has 0 aliphatic heterocycles. The number of sulfonamides is 1. The summed E-state index contributed by atoms with van der Waals surface area (Å²) in [5.41, 5.74) is 4.46. The van der Waals surface area contributed by atoms with E-state index in [4.69, 9.17) is 11.6 Å². The molecule has 1 fully saturated rings. The van der Waals surface area contributed by atoms with Crippen molar-refractivity contribution in [2.45, 2.75) is 37.0 Å². The van der Waals surface area contributed by atoms with Gasteiger partial charge < -0.3 is 0 Å². The minimum atomic E-state index is -3.85. The highest BCUT2D eigenvalue weighted by Crippen LogP contribution is 2.19. The van der Waals surface area contributed by atoms with Crippen molar-refractivity contribution in [1.82, 2.24) is 9.73 Å². The number of nitrogens with one attached hydrogen (secondary N) is 1. The van der Waals surface area contributed by atoms with Gasteiger partial charge in [0.1, 0.15) is 0 Å². The number of benzene rings is 2. The van der Waals surface area contributed by atoms with Crippen LogP contribution in [0.15, 0.2) is 64.6 Å². The first-order valence-corrected chi connectivity index (χ1v) is 11.4. The fraction of sp³-hybridized carbons (Fsp3) is 0.333. The summed E-state index contributed by atoms with van der Waals surface area (Å²) >= 11 is 5.88. The summed E-state index contributed by atoms with van der Waals surface area (Å²) in [6.07, 6.45) is 4.39. The predicted molar refractivity (Wildman–Crippen MR) is 114 cm³/mol. The first-order chi connectivity index (χ1) is 13.9. The number of halogens is 1. The first-order valence-electron chi connectivity index (χ1n) is 9.59. The van der Waals surface area contributed by atoms with Crippen LogP contribution in [-0.2, 0) is 21.2 Å². The van der Waals surface area contributed by atoms with Crippen LogP contribution in [-0.4, -0.2) is 37.4 Å². The molecule has 1 aliphatic carbocycles. The van der Waals surface area contributed by atoms with Gasteiger partial charge in [0.25, 0.3) is 5.91 Å². The molecule has 3 rings (SSSR count). The van der Waals surface area contributed by atoms with E-state index in [1.54, 1.807) is 0 Å². The molecule has 0 saturated heterocycles. The number of nitrogens with zero attached hydrogens (tertiary/aromatic N) is 2. The van der Waals surface area contributed by atoms with E-state index >= 15 is 0 Å². The molecule has 2 aromatic rings. The largest absolute Gasteiger partial charge is 0.272 e. The maximum absolute atomic E-state index is 13.1. The van der Waals surface area contributed by atoms with Gasteiger partial charge in [-0.05, 0) is 61.9 Å². The summed E-state index contributed by atoms with van der Waals surface area (Å²) in [7, 11) is -3.85. The minimum absolute atomic E-state index is 0.102. The molecular weight excluding hydrogens is 410 g/mol. The van der Waals surface area contributed by atoms with Crippen molar-refractivity contribution in [2.75, 3.05) is 13.1 Å². The zero-order chi connectivity index (χ0) is 20.7. The Labute approximate surface area is 176 Å². The van der Waals surface area contributed by atoms with Gasteiger partial charge in [0.15, 0.2) is 0 Å². The van der Waals surface area contributed by atoms with Crippen LogP contribution in [0.4, 0.5) is 0 Å². The van der Waals surface area contributed by atoms with E-state index in [2.05, 4.69) is 10.5 Å². The Morgan fingerprint density at radius 3 is 2.34 bits per heavy atom. The minimum Gasteiger partial charge on any atom is -0.272 e. The Bertz CT molecular complexity index is 952. The Hall–Kier alpha value is -2.22. The molecular formula is C21H24ClN3O3S. The lowest BCUT2D eigenvalue weighted by atomic mass is 10.1. The average molecular weight is 434 g/mol. The van der Waals surface area contributed by atoms with E-state index in [1.807, 2.05) is 30.3 Å². The van der Waals surface area contributed by atoms with Crippen LogP contribution in [0.25, 0.3) is 0 Å². The molecule has 0 atom stereocenters. The Morgan fingerprint density at radius 2 is 1.69 bits per heavy atom. The molecule has 2 aromatic carbocycles. The molecule has 1 amide bonds. The number of hydrogen-bond acceptors (Lipinski definition) is 4. The van der Waals surface area contributed by atoms with Gasteiger partial charge in [0.2, 0.25) is 10.0 Å². The molecule has 29 heavy (non-hydrogen) atoms. The number of carbonyl (C=O) groups is 1. The number of carbonyl (C=O) groups excluding carboxylic acids is 1. The van der Waals surface area contributed by atoms with E-state index in [0.29, 0.717) is 11.4 Å². The van der Waals surface area contributed by atoms with E-state index in [-0.39, 0.29) is 18.0 Å². The van der Waals surface area contributed by atoms with Crippen LogP contribution in [0, 0.1) is 0 Å². The van der Waals surface area contributed by atoms with Crippen molar-refractivity contribution in [1.29, 1.82) is 0 Å². The third-order valence-corrected chi connectivity index (χ3v) is 6.89. The van der Waals surface area contributed by atoms with Gasteiger partial charge in [-0.15, -0.1) is 0 Å². The molecule has 0 bridgehead atoms. The highest BCUT2D eigenvalue weighted by Gasteiger charge is 2.26. The number of hydrogen-bond donors (Lipinski definition) is 1. The van der Waals surface area contributed by atoms with Crippen LogP contribution < -0.4 is 5.43 Å². The second-order valence-electron chi connectivity index (χ2n) is 6.95. The maximum atomic E-state index is 13.1. The maximum Gasteiger partial charge on any atom is 0.255 e. The van der Waals surface area contributed by atoms with Gasteiger partial charge in [0.05, 0.1) is 11.4 Å². The SMILES string of the molecule is O=C(CN(CCc1ccccc1)S(=O)(=O)c1ccc(Cl)cc1)NN=C1CCCC1. The van der Waals surface area contributed by atoms with E-state index in [1.165, 1.54) is 28.6 Å². The first kappa shape index (κ1) is 21.5. The molecule has 1 saturated carbocycles. The van der Waals surface area contributed by atoms with Gasteiger partial charge in [0, 0.05) is 17.3 Å². The van der Waals surface area contributed by atoms with Crippen molar-refractivity contribution in [2.24, 2.45) is 5.10 Å². The van der Waals surface area contributed by atoms with Gasteiger partial charge in [-0.2, -0.15) is 9.41 Å². The van der Waals surface area contributed by atoms with Gasteiger partial charge in [-0.1, -0.05) is 41.9 Å². The number of amides is 1. The van der Waals surface area contributed by atoms with Crippen molar-refractivity contribution in [3.63, 3.8) is 0 Å². The zero-order valence-corrected chi connectivity index (χ0v) is 17.6. The second-order valence-corrected chi connectivity index (χ2v) is 9.32. The topological polar surface area (TPSA) is 78.8 Å². The monoisotopic (exact) mass is 433 g/mol. The molecule has 0 aromatic heterocycles. The fourth-order valence-corrected chi connectivity index (χ4v) is 4.69. The fourth-order valence-electron chi connectivity index (χ4n) is 3.17. The van der Waals surface area contributed by atoms with Crippen LogP contribution in [0.5, 0.6) is 0 Å². The molecule has 0 heterocycles. The Balaban J connectivity index is 1.75. The number of rotatable bonds is 8. The summed E-state index contributed by atoms with van der Waals surface area (Å²) in [6.45, 7) is -0.118. The van der Waals surface area contributed by atoms with Gasteiger partial charge >= 0.3 is 0 Å². The summed E-state index contributed by atoms with van der Waals surface area (Å²) in [5.74, 6) is -0.449. The van der Waals surface area contributed by atoms with E-state index in [0.717, 1.165) is 37.0 Å². The Morgan fingerprint density at radius 1 is 1.03 bits per heavy atom. The summed E-state index contributed by atoms with van der Waals surface area (Å²) in [4.78, 5) is 12.5. The number of hydrazone groups is 1. The van der Waals surface area contributed by atoms with Gasteiger partial charge in [-0.25, -0.2) is 13.8 Å². The summed E-state index contributed by atoms with van der Waals surface area (Å²) in [6, 6.07) is 15.5. The molecule has 8 heteroatoms. The molecule has 6 nitrogen and oxygen atoms in total. The molecule has 0 spiro atoms. The van der Waals surface area contributed by atoms with Gasteiger partial charge in [-0.3, -0.25) is 4.79 Å². The van der Waals surface area contributed by atoms with Crippen molar-refractivity contribution < 1.29 is 13.2 Å². The van der Waals surface area contributed by atoms with Crippen molar-refractivity contribution in [3.8, 4) is 0 Å². The molecule has 154 valence electrons. The van der Waals surface area contributed by atoms with Crippen molar-refractivity contribution in [3.05, 3.63) is 65.2 Å². The van der Waals surface area contributed by atoms with Crippen molar-refractivity contribution >= 4 is 33.2 Å². The lowest BCUT2D eigenvalue weighted by Crippen LogP contribution is -2.40. The third kappa shape index (κ3) is 6.13. The molecule has 0 radical (unpaired) electrons. The third-order valence-electron chi connectivity index (χ3n) is 4.78. The lowest BCUT2D eigenvalue weighted by Gasteiger charge is -2.21. The second kappa shape index (κ2) is 10.0. The lowest BCUT2D eigenvalue weighted by molar-refractivity contribution is -0.121. The highest BCUT2D eigenvalue weighted by molar-refractivity contribution is 7.89.